The quantitative estimate of drug-likeness (QED) is 0.620. The number of rotatable bonds is 6. The molecule has 1 aromatic rings. The lowest BCUT2D eigenvalue weighted by Gasteiger charge is -2.12. The second-order valence-electron chi connectivity index (χ2n) is 3.84. The first-order valence-electron chi connectivity index (χ1n) is 5.52. The number of carbonyl (C=O) groups excluding carboxylic acids is 2. The van der Waals surface area contributed by atoms with Crippen molar-refractivity contribution in [3.05, 3.63) is 29.8 Å². The van der Waals surface area contributed by atoms with E-state index in [1.165, 1.54) is 6.92 Å². The van der Waals surface area contributed by atoms with Crippen molar-refractivity contribution in [1.82, 2.24) is 5.32 Å². The second-order valence-corrected chi connectivity index (χ2v) is 4.28. The normalized spacial score (nSPS) is 11.4. The maximum atomic E-state index is 11.5. The SMILES string of the molecule is CC(NC(=O)COc1ccccc1C(N)=S)C(N)=O. The van der Waals surface area contributed by atoms with Gasteiger partial charge < -0.3 is 21.5 Å². The number of thiocarbonyl (C=S) groups is 1. The molecule has 1 rings (SSSR count). The molecule has 1 aromatic carbocycles. The third kappa shape index (κ3) is 4.55. The highest BCUT2D eigenvalue weighted by atomic mass is 32.1. The summed E-state index contributed by atoms with van der Waals surface area (Å²) in [6, 6.07) is 6.10. The summed E-state index contributed by atoms with van der Waals surface area (Å²) >= 11 is 4.87. The average Bonchev–Trinajstić information content (AvgIpc) is 2.36. The fraction of sp³-hybridized carbons (Fsp3) is 0.250. The van der Waals surface area contributed by atoms with Gasteiger partial charge in [-0.2, -0.15) is 0 Å². The molecule has 0 heterocycles. The molecular formula is C12H15N3O3S. The number of nitrogens with one attached hydrogen (secondary N) is 1. The maximum absolute atomic E-state index is 11.5. The number of hydrogen-bond acceptors (Lipinski definition) is 4. The molecule has 6 nitrogen and oxygen atoms in total. The number of ether oxygens (including phenoxy) is 1. The van der Waals surface area contributed by atoms with E-state index in [1.54, 1.807) is 24.3 Å². The summed E-state index contributed by atoms with van der Waals surface area (Å²) in [5.41, 5.74) is 11.1. The number of carbonyl (C=O) groups is 2. The fourth-order valence-corrected chi connectivity index (χ4v) is 1.46. The van der Waals surface area contributed by atoms with Crippen LogP contribution in [0.1, 0.15) is 12.5 Å². The lowest BCUT2D eigenvalue weighted by atomic mass is 10.2. The highest BCUT2D eigenvalue weighted by molar-refractivity contribution is 7.80. The molecule has 0 saturated heterocycles. The van der Waals surface area contributed by atoms with Crippen LogP contribution in [0.25, 0.3) is 0 Å². The first-order chi connectivity index (χ1) is 8.91. The van der Waals surface area contributed by atoms with Gasteiger partial charge in [-0.25, -0.2) is 0 Å². The first-order valence-corrected chi connectivity index (χ1v) is 5.93. The van der Waals surface area contributed by atoms with E-state index in [2.05, 4.69) is 5.32 Å². The van der Waals surface area contributed by atoms with Crippen molar-refractivity contribution >= 4 is 29.0 Å². The van der Waals surface area contributed by atoms with Crippen LogP contribution in [-0.4, -0.2) is 29.5 Å². The average molecular weight is 281 g/mol. The van der Waals surface area contributed by atoms with Crippen molar-refractivity contribution in [1.29, 1.82) is 0 Å². The van der Waals surface area contributed by atoms with Gasteiger partial charge in [-0.1, -0.05) is 24.4 Å². The van der Waals surface area contributed by atoms with Gasteiger partial charge in [-0.15, -0.1) is 0 Å². The van der Waals surface area contributed by atoms with E-state index in [-0.39, 0.29) is 11.6 Å². The minimum Gasteiger partial charge on any atom is -0.483 e. The van der Waals surface area contributed by atoms with Gasteiger partial charge in [0.2, 0.25) is 5.91 Å². The van der Waals surface area contributed by atoms with Gasteiger partial charge >= 0.3 is 0 Å². The largest absolute Gasteiger partial charge is 0.483 e. The lowest BCUT2D eigenvalue weighted by molar-refractivity contribution is -0.128. The zero-order chi connectivity index (χ0) is 14.4. The van der Waals surface area contributed by atoms with E-state index in [0.717, 1.165) is 0 Å². The summed E-state index contributed by atoms with van der Waals surface area (Å²) in [6.07, 6.45) is 0. The number of benzene rings is 1. The van der Waals surface area contributed by atoms with Crippen molar-refractivity contribution in [3.8, 4) is 5.75 Å². The number of primary amides is 1. The van der Waals surface area contributed by atoms with E-state index in [4.69, 9.17) is 28.4 Å². The Bertz CT molecular complexity index is 505. The van der Waals surface area contributed by atoms with Crippen LogP contribution in [0.4, 0.5) is 0 Å². The molecule has 7 heteroatoms. The molecule has 2 amide bonds. The monoisotopic (exact) mass is 281 g/mol. The molecule has 102 valence electrons. The van der Waals surface area contributed by atoms with Crippen molar-refractivity contribution in [2.75, 3.05) is 6.61 Å². The third-order valence-electron chi connectivity index (χ3n) is 2.32. The zero-order valence-electron chi connectivity index (χ0n) is 10.4. The number of amides is 2. The van der Waals surface area contributed by atoms with Crippen LogP contribution in [0.5, 0.6) is 5.75 Å². The Kier molecular flexibility index (Phi) is 5.25. The van der Waals surface area contributed by atoms with Gasteiger partial charge in [0.05, 0.1) is 5.56 Å². The second kappa shape index (κ2) is 6.69. The Morgan fingerprint density at radius 3 is 2.58 bits per heavy atom. The van der Waals surface area contributed by atoms with Crippen molar-refractivity contribution < 1.29 is 14.3 Å². The Hall–Kier alpha value is -2.15. The summed E-state index contributed by atoms with van der Waals surface area (Å²) in [5.74, 6) is -0.655. The minimum absolute atomic E-state index is 0.182. The molecule has 0 aromatic heterocycles. The van der Waals surface area contributed by atoms with Crippen LogP contribution >= 0.6 is 12.2 Å². The molecule has 0 aliphatic rings. The lowest BCUT2D eigenvalue weighted by Crippen LogP contribution is -2.44. The number of hydrogen-bond donors (Lipinski definition) is 3. The Morgan fingerprint density at radius 1 is 1.37 bits per heavy atom. The van der Waals surface area contributed by atoms with Gasteiger partial charge in [0.15, 0.2) is 6.61 Å². The summed E-state index contributed by atoms with van der Waals surface area (Å²) < 4.78 is 5.31. The van der Waals surface area contributed by atoms with Crippen LogP contribution in [0.15, 0.2) is 24.3 Å². The highest BCUT2D eigenvalue weighted by Crippen LogP contribution is 2.17. The van der Waals surface area contributed by atoms with E-state index < -0.39 is 17.9 Å². The van der Waals surface area contributed by atoms with Crippen LogP contribution in [0.3, 0.4) is 0 Å². The predicted molar refractivity (Wildman–Crippen MR) is 74.6 cm³/mol. The summed E-state index contributed by atoms with van der Waals surface area (Å²) in [6.45, 7) is 1.24. The summed E-state index contributed by atoms with van der Waals surface area (Å²) in [4.78, 5) is 22.5. The van der Waals surface area contributed by atoms with E-state index >= 15 is 0 Å². The smallest absolute Gasteiger partial charge is 0.258 e. The minimum atomic E-state index is -0.748. The van der Waals surface area contributed by atoms with Gasteiger partial charge in [0.25, 0.3) is 5.91 Å². The van der Waals surface area contributed by atoms with Crippen LogP contribution in [-0.2, 0) is 9.59 Å². The molecule has 0 aliphatic carbocycles. The molecular weight excluding hydrogens is 266 g/mol. The fourth-order valence-electron chi connectivity index (χ4n) is 1.29. The molecule has 0 bridgehead atoms. The molecule has 5 N–H and O–H groups in total. The molecule has 1 unspecified atom stereocenters. The van der Waals surface area contributed by atoms with Gasteiger partial charge in [-0.05, 0) is 19.1 Å². The van der Waals surface area contributed by atoms with Crippen LogP contribution in [0.2, 0.25) is 0 Å². The summed E-state index contributed by atoms with van der Waals surface area (Å²) in [5, 5.41) is 2.40. The van der Waals surface area contributed by atoms with E-state index in [0.29, 0.717) is 11.3 Å². The standard InChI is InChI=1S/C12H15N3O3S/c1-7(11(13)17)15-10(16)6-18-9-5-3-2-4-8(9)12(14)19/h2-5,7H,6H2,1H3,(H2,13,17)(H2,14,19)(H,15,16). The molecule has 0 aliphatic heterocycles. The van der Waals surface area contributed by atoms with Gasteiger partial charge in [0, 0.05) is 0 Å². The molecule has 0 spiro atoms. The summed E-state index contributed by atoms with van der Waals surface area (Å²) in [7, 11) is 0. The number of para-hydroxylation sites is 1. The highest BCUT2D eigenvalue weighted by Gasteiger charge is 2.13. The topological polar surface area (TPSA) is 107 Å². The first kappa shape index (κ1) is 14.9. The van der Waals surface area contributed by atoms with E-state index in [1.807, 2.05) is 0 Å². The molecule has 19 heavy (non-hydrogen) atoms. The van der Waals surface area contributed by atoms with Gasteiger partial charge in [-0.3, -0.25) is 9.59 Å². The molecule has 0 saturated carbocycles. The third-order valence-corrected chi connectivity index (χ3v) is 2.54. The Morgan fingerprint density at radius 2 is 2.00 bits per heavy atom. The number of nitrogens with two attached hydrogens (primary N) is 2. The van der Waals surface area contributed by atoms with Gasteiger partial charge in [0.1, 0.15) is 16.8 Å². The molecule has 0 fully saturated rings. The van der Waals surface area contributed by atoms with Crippen molar-refractivity contribution in [3.63, 3.8) is 0 Å². The van der Waals surface area contributed by atoms with Crippen molar-refractivity contribution in [2.24, 2.45) is 11.5 Å². The predicted octanol–water partition coefficient (Wildman–Crippen LogP) is -0.310. The van der Waals surface area contributed by atoms with E-state index in [9.17, 15) is 9.59 Å². The molecule has 0 radical (unpaired) electrons. The Labute approximate surface area is 116 Å². The Balaban J connectivity index is 2.60. The maximum Gasteiger partial charge on any atom is 0.258 e. The molecule has 1 atom stereocenters. The van der Waals surface area contributed by atoms with Crippen molar-refractivity contribution in [2.45, 2.75) is 13.0 Å². The zero-order valence-corrected chi connectivity index (χ0v) is 11.2. The van der Waals surface area contributed by atoms with Crippen LogP contribution in [0, 0.1) is 0 Å². The van der Waals surface area contributed by atoms with Crippen LogP contribution < -0.4 is 21.5 Å².